The molecule has 1 N–H and O–H groups in total. The number of carbonyl (C=O) groups excluding carboxylic acids is 3. The van der Waals surface area contributed by atoms with Crippen molar-refractivity contribution in [1.82, 2.24) is 9.80 Å². The van der Waals surface area contributed by atoms with Crippen molar-refractivity contribution in [1.29, 1.82) is 0 Å². The molecule has 2 saturated heterocycles. The number of anilines is 1. The molecule has 3 aliphatic heterocycles. The highest BCUT2D eigenvalue weighted by molar-refractivity contribution is 6.05. The van der Waals surface area contributed by atoms with Gasteiger partial charge < -0.3 is 24.4 Å². The molecule has 3 aliphatic rings. The summed E-state index contributed by atoms with van der Waals surface area (Å²) in [5.74, 6) is 0.704. The Morgan fingerprint density at radius 1 is 1.03 bits per heavy atom. The Hall–Kier alpha value is -2.65. The fraction of sp³-hybridized carbons (Fsp3) is 0.571. The number of hydrogen-bond donors (Lipinski definition) is 1. The lowest BCUT2D eigenvalue weighted by Crippen LogP contribution is -2.52. The smallest absolute Gasteiger partial charge is 0.251 e. The fourth-order valence-electron chi connectivity index (χ4n) is 3.98. The second-order valence-corrected chi connectivity index (χ2v) is 7.75. The van der Waals surface area contributed by atoms with Gasteiger partial charge in [-0.1, -0.05) is 0 Å². The van der Waals surface area contributed by atoms with Crippen LogP contribution in [0.4, 0.5) is 5.69 Å². The number of ketones is 1. The Morgan fingerprint density at radius 2 is 1.73 bits per heavy atom. The topological polar surface area (TPSA) is 97.4 Å². The van der Waals surface area contributed by atoms with Gasteiger partial charge in [0.15, 0.2) is 17.3 Å². The minimum atomic E-state index is -0.306. The van der Waals surface area contributed by atoms with E-state index in [1.54, 1.807) is 12.1 Å². The van der Waals surface area contributed by atoms with Gasteiger partial charge in [-0.2, -0.15) is 0 Å². The summed E-state index contributed by atoms with van der Waals surface area (Å²) in [6.07, 6.45) is 1.41. The molecule has 3 heterocycles. The second-order valence-electron chi connectivity index (χ2n) is 7.75. The molecule has 0 spiro atoms. The van der Waals surface area contributed by atoms with Crippen LogP contribution in [-0.4, -0.2) is 86.0 Å². The highest BCUT2D eigenvalue weighted by atomic mass is 16.6. The average Bonchev–Trinajstić information content (AvgIpc) is 3.28. The molecule has 1 atom stereocenters. The van der Waals surface area contributed by atoms with Gasteiger partial charge in [-0.05, 0) is 25.8 Å². The molecule has 1 aromatic carbocycles. The van der Waals surface area contributed by atoms with Crippen molar-refractivity contribution in [2.24, 2.45) is 0 Å². The van der Waals surface area contributed by atoms with Gasteiger partial charge in [0.1, 0.15) is 19.3 Å². The van der Waals surface area contributed by atoms with E-state index in [-0.39, 0.29) is 30.2 Å². The van der Waals surface area contributed by atoms with E-state index >= 15 is 0 Å². The molecule has 2 amide bonds. The largest absolute Gasteiger partial charge is 0.486 e. The maximum Gasteiger partial charge on any atom is 0.251 e. The van der Waals surface area contributed by atoms with Gasteiger partial charge in [-0.25, -0.2) is 0 Å². The second kappa shape index (κ2) is 9.01. The predicted molar refractivity (Wildman–Crippen MR) is 108 cm³/mol. The summed E-state index contributed by atoms with van der Waals surface area (Å²) in [6, 6.07) is 3.25. The minimum absolute atomic E-state index is 0.0546. The van der Waals surface area contributed by atoms with E-state index in [0.29, 0.717) is 68.7 Å². The molecule has 9 nitrogen and oxygen atoms in total. The fourth-order valence-corrected chi connectivity index (χ4v) is 3.98. The van der Waals surface area contributed by atoms with E-state index in [1.807, 2.05) is 9.80 Å². The first kappa shape index (κ1) is 20.6. The third kappa shape index (κ3) is 4.57. The molecule has 2 fully saturated rings. The molecule has 0 aromatic heterocycles. The zero-order chi connectivity index (χ0) is 21.1. The number of benzene rings is 1. The van der Waals surface area contributed by atoms with Crippen molar-refractivity contribution in [2.45, 2.75) is 25.9 Å². The molecule has 1 aromatic rings. The normalized spacial score (nSPS) is 21.4. The standard InChI is InChI=1S/C21H27N3O6/c1-14(25)15-11-18-19(30-10-9-29-18)12-16(15)22-20(26)13-23-4-6-24(7-5-23)21(27)17-3-2-8-28-17/h11-12,17H,2-10,13H2,1H3,(H,22,26)/t17-/m0/s1. The average molecular weight is 417 g/mol. The van der Waals surface area contributed by atoms with Gasteiger partial charge >= 0.3 is 0 Å². The lowest BCUT2D eigenvalue weighted by atomic mass is 10.1. The lowest BCUT2D eigenvalue weighted by Gasteiger charge is -2.35. The number of carbonyl (C=O) groups is 3. The predicted octanol–water partition coefficient (Wildman–Crippen LogP) is 0.922. The zero-order valence-electron chi connectivity index (χ0n) is 17.1. The number of nitrogens with zero attached hydrogens (tertiary/aromatic N) is 2. The van der Waals surface area contributed by atoms with Crippen LogP contribution in [0.1, 0.15) is 30.1 Å². The maximum absolute atomic E-state index is 12.6. The van der Waals surface area contributed by atoms with Gasteiger partial charge in [0, 0.05) is 44.4 Å². The Labute approximate surface area is 175 Å². The van der Waals surface area contributed by atoms with Crippen molar-refractivity contribution in [3.05, 3.63) is 17.7 Å². The molecule has 9 heteroatoms. The quantitative estimate of drug-likeness (QED) is 0.712. The van der Waals surface area contributed by atoms with Crippen molar-refractivity contribution in [3.8, 4) is 11.5 Å². The van der Waals surface area contributed by atoms with E-state index in [2.05, 4.69) is 5.32 Å². The Kier molecular flexibility index (Phi) is 6.19. The summed E-state index contributed by atoms with van der Waals surface area (Å²) in [5, 5.41) is 2.83. The van der Waals surface area contributed by atoms with Crippen LogP contribution in [-0.2, 0) is 14.3 Å². The van der Waals surface area contributed by atoms with Crippen LogP contribution >= 0.6 is 0 Å². The first-order valence-electron chi connectivity index (χ1n) is 10.4. The maximum atomic E-state index is 12.6. The van der Waals surface area contributed by atoms with Crippen LogP contribution in [0, 0.1) is 0 Å². The number of fused-ring (bicyclic) bond motifs is 1. The van der Waals surface area contributed by atoms with E-state index in [1.165, 1.54) is 6.92 Å². The molecule has 0 aliphatic carbocycles. The minimum Gasteiger partial charge on any atom is -0.486 e. The van der Waals surface area contributed by atoms with Crippen LogP contribution in [0.2, 0.25) is 0 Å². The van der Waals surface area contributed by atoms with Gasteiger partial charge in [0.25, 0.3) is 5.91 Å². The van der Waals surface area contributed by atoms with Gasteiger partial charge in [-0.15, -0.1) is 0 Å². The van der Waals surface area contributed by atoms with Gasteiger partial charge in [0.05, 0.1) is 12.2 Å². The number of hydrogen-bond acceptors (Lipinski definition) is 7. The van der Waals surface area contributed by atoms with Crippen LogP contribution in [0.25, 0.3) is 0 Å². The summed E-state index contributed by atoms with van der Waals surface area (Å²) >= 11 is 0. The third-order valence-electron chi connectivity index (χ3n) is 5.59. The molecule has 0 unspecified atom stereocenters. The molecule has 0 radical (unpaired) electrons. The van der Waals surface area contributed by atoms with Crippen molar-refractivity contribution in [2.75, 3.05) is 57.9 Å². The van der Waals surface area contributed by atoms with Crippen LogP contribution < -0.4 is 14.8 Å². The molecular formula is C21H27N3O6. The molecule has 4 rings (SSSR count). The third-order valence-corrected chi connectivity index (χ3v) is 5.59. The molecule has 30 heavy (non-hydrogen) atoms. The molecule has 162 valence electrons. The first-order valence-corrected chi connectivity index (χ1v) is 10.4. The van der Waals surface area contributed by atoms with E-state index in [4.69, 9.17) is 14.2 Å². The van der Waals surface area contributed by atoms with Gasteiger partial charge in [-0.3, -0.25) is 19.3 Å². The Morgan fingerprint density at radius 3 is 2.37 bits per heavy atom. The zero-order valence-corrected chi connectivity index (χ0v) is 17.1. The van der Waals surface area contributed by atoms with E-state index in [0.717, 1.165) is 12.8 Å². The Bertz CT molecular complexity index is 828. The number of amides is 2. The van der Waals surface area contributed by atoms with Crippen molar-refractivity contribution in [3.63, 3.8) is 0 Å². The van der Waals surface area contributed by atoms with Gasteiger partial charge in [0.2, 0.25) is 5.91 Å². The highest BCUT2D eigenvalue weighted by Gasteiger charge is 2.30. The summed E-state index contributed by atoms with van der Waals surface area (Å²) in [5.41, 5.74) is 0.809. The van der Waals surface area contributed by atoms with Crippen LogP contribution in [0.3, 0.4) is 0 Å². The lowest BCUT2D eigenvalue weighted by molar-refractivity contribution is -0.142. The SMILES string of the molecule is CC(=O)c1cc2c(cc1NC(=O)CN1CCN(C(=O)[C@@H]3CCCO3)CC1)OCCO2. The molecule has 0 saturated carbocycles. The number of rotatable bonds is 5. The highest BCUT2D eigenvalue weighted by Crippen LogP contribution is 2.35. The summed E-state index contributed by atoms with van der Waals surface area (Å²) in [4.78, 5) is 40.9. The summed E-state index contributed by atoms with van der Waals surface area (Å²) in [6.45, 7) is 5.53. The summed E-state index contributed by atoms with van der Waals surface area (Å²) in [7, 11) is 0. The number of piperazine rings is 1. The van der Waals surface area contributed by atoms with E-state index in [9.17, 15) is 14.4 Å². The number of nitrogens with one attached hydrogen (secondary N) is 1. The number of Topliss-reactive ketones (excluding diaryl/α,β-unsaturated/α-hetero) is 1. The molecular weight excluding hydrogens is 390 g/mol. The Balaban J connectivity index is 1.33. The van der Waals surface area contributed by atoms with Crippen LogP contribution in [0.5, 0.6) is 11.5 Å². The van der Waals surface area contributed by atoms with Crippen molar-refractivity contribution >= 4 is 23.3 Å². The first-order chi connectivity index (χ1) is 14.5. The van der Waals surface area contributed by atoms with Crippen molar-refractivity contribution < 1.29 is 28.6 Å². The van der Waals surface area contributed by atoms with E-state index < -0.39 is 0 Å². The number of ether oxygens (including phenoxy) is 3. The molecule has 0 bridgehead atoms. The van der Waals surface area contributed by atoms with Crippen LogP contribution in [0.15, 0.2) is 12.1 Å². The summed E-state index contributed by atoms with van der Waals surface area (Å²) < 4.78 is 16.6. The monoisotopic (exact) mass is 417 g/mol.